The number of nitrogens with zero attached hydrogens (tertiary/aromatic N) is 2. The van der Waals surface area contributed by atoms with Crippen LogP contribution in [0.2, 0.25) is 0 Å². The summed E-state index contributed by atoms with van der Waals surface area (Å²) in [5, 5.41) is 3.24. The van der Waals surface area contributed by atoms with Crippen LogP contribution in [-0.4, -0.2) is 49.0 Å². The van der Waals surface area contributed by atoms with E-state index in [-0.39, 0.29) is 24.4 Å². The van der Waals surface area contributed by atoms with Crippen molar-refractivity contribution >= 4 is 17.5 Å². The van der Waals surface area contributed by atoms with E-state index < -0.39 is 6.10 Å². The molecule has 32 heavy (non-hydrogen) atoms. The van der Waals surface area contributed by atoms with Gasteiger partial charge >= 0.3 is 0 Å². The van der Waals surface area contributed by atoms with Crippen LogP contribution in [-0.2, 0) is 16.0 Å². The van der Waals surface area contributed by atoms with Crippen LogP contribution >= 0.6 is 0 Å². The van der Waals surface area contributed by atoms with Gasteiger partial charge in [0.1, 0.15) is 5.75 Å². The van der Waals surface area contributed by atoms with Gasteiger partial charge in [-0.05, 0) is 61.8 Å². The quantitative estimate of drug-likeness (QED) is 0.802. The molecule has 2 aliphatic heterocycles. The van der Waals surface area contributed by atoms with Gasteiger partial charge in [0.05, 0.1) is 24.8 Å². The first-order chi connectivity index (χ1) is 15.7. The largest absolute Gasteiger partial charge is 0.477 e. The maximum absolute atomic E-state index is 13.1. The topological polar surface area (TPSA) is 61.9 Å². The second kappa shape index (κ2) is 9.23. The molecule has 0 saturated carbocycles. The van der Waals surface area contributed by atoms with Crippen molar-refractivity contribution in [2.24, 2.45) is 0 Å². The Kier molecular flexibility index (Phi) is 6.02. The van der Waals surface area contributed by atoms with E-state index in [0.717, 1.165) is 50.9 Å². The number of rotatable bonds is 4. The van der Waals surface area contributed by atoms with Gasteiger partial charge in [0, 0.05) is 13.1 Å². The number of hydrogen-bond acceptors (Lipinski definition) is 4. The number of fused-ring (bicyclic) bond motifs is 2. The molecule has 0 spiro atoms. The van der Waals surface area contributed by atoms with Gasteiger partial charge in [0.25, 0.3) is 5.91 Å². The van der Waals surface area contributed by atoms with Crippen molar-refractivity contribution < 1.29 is 14.3 Å². The highest BCUT2D eigenvalue weighted by molar-refractivity contribution is 5.86. The Hall–Kier alpha value is -3.02. The lowest BCUT2D eigenvalue weighted by molar-refractivity contribution is -0.139. The van der Waals surface area contributed by atoms with Crippen molar-refractivity contribution in [2.45, 2.75) is 50.7 Å². The number of piperidine rings is 1. The van der Waals surface area contributed by atoms with Gasteiger partial charge in [-0.2, -0.15) is 0 Å². The number of likely N-dealkylation sites (tertiary alicyclic amines) is 1. The highest BCUT2D eigenvalue weighted by Gasteiger charge is 2.35. The molecule has 0 aromatic heterocycles. The average molecular weight is 434 g/mol. The summed E-state index contributed by atoms with van der Waals surface area (Å²) in [6.45, 7) is 2.19. The summed E-state index contributed by atoms with van der Waals surface area (Å²) in [6, 6.07) is 16.1. The summed E-state index contributed by atoms with van der Waals surface area (Å²) in [7, 11) is 0. The minimum absolute atomic E-state index is 0.0208. The minimum atomic E-state index is -0.578. The van der Waals surface area contributed by atoms with Crippen molar-refractivity contribution in [3.05, 3.63) is 59.7 Å². The maximum atomic E-state index is 13.1. The number of hydrogen-bond donors (Lipinski definition) is 1. The Morgan fingerprint density at radius 3 is 2.62 bits per heavy atom. The number of carbonyl (C=O) groups is 2. The fourth-order valence-electron chi connectivity index (χ4n) is 5.22. The van der Waals surface area contributed by atoms with Crippen LogP contribution in [0.1, 0.15) is 49.3 Å². The van der Waals surface area contributed by atoms with Crippen LogP contribution in [0.4, 0.5) is 5.69 Å². The third-order valence-electron chi connectivity index (χ3n) is 6.84. The average Bonchev–Trinajstić information content (AvgIpc) is 2.84. The van der Waals surface area contributed by atoms with Gasteiger partial charge in [0.2, 0.25) is 5.91 Å². The van der Waals surface area contributed by atoms with E-state index in [1.165, 1.54) is 17.5 Å². The summed E-state index contributed by atoms with van der Waals surface area (Å²) in [5.41, 5.74) is 3.43. The molecule has 1 fully saturated rings. The third kappa shape index (κ3) is 4.31. The van der Waals surface area contributed by atoms with Gasteiger partial charge < -0.3 is 19.9 Å². The SMILES string of the molecule is O=C(CN1C[C@H](C(=O)N2CCCCC2)Oc2ccccc21)N[C@H]1CCCc2ccccc21. The van der Waals surface area contributed by atoms with Gasteiger partial charge in [-0.25, -0.2) is 0 Å². The molecular formula is C26H31N3O3. The third-order valence-corrected chi connectivity index (χ3v) is 6.84. The summed E-state index contributed by atoms with van der Waals surface area (Å²) in [4.78, 5) is 30.1. The number of ether oxygens (including phenoxy) is 1. The molecule has 0 radical (unpaired) electrons. The van der Waals surface area contributed by atoms with Gasteiger partial charge in [-0.1, -0.05) is 36.4 Å². The minimum Gasteiger partial charge on any atom is -0.477 e. The molecule has 5 rings (SSSR count). The number of benzene rings is 2. The maximum Gasteiger partial charge on any atom is 0.265 e. The highest BCUT2D eigenvalue weighted by atomic mass is 16.5. The highest BCUT2D eigenvalue weighted by Crippen LogP contribution is 2.34. The van der Waals surface area contributed by atoms with Crippen molar-refractivity contribution in [3.63, 3.8) is 0 Å². The predicted molar refractivity (Wildman–Crippen MR) is 124 cm³/mol. The van der Waals surface area contributed by atoms with Crippen molar-refractivity contribution in [1.82, 2.24) is 10.2 Å². The van der Waals surface area contributed by atoms with Crippen LogP contribution in [0.15, 0.2) is 48.5 Å². The molecule has 6 nitrogen and oxygen atoms in total. The Morgan fingerprint density at radius 2 is 1.75 bits per heavy atom. The van der Waals surface area contributed by atoms with Crippen LogP contribution in [0, 0.1) is 0 Å². The van der Waals surface area contributed by atoms with Crippen molar-refractivity contribution in [3.8, 4) is 5.75 Å². The molecule has 1 N–H and O–H groups in total. The molecule has 6 heteroatoms. The number of aryl methyl sites for hydroxylation is 1. The molecule has 2 atom stereocenters. The molecule has 1 aliphatic carbocycles. The second-order valence-corrected chi connectivity index (χ2v) is 9.05. The first-order valence-corrected chi connectivity index (χ1v) is 11.9. The molecule has 0 unspecified atom stereocenters. The standard InChI is InChI=1S/C26H31N3O3/c30-25(27-21-12-8-10-19-9-2-3-11-20(19)21)18-29-17-24(26(31)28-15-6-1-7-16-28)32-23-14-5-4-13-22(23)29/h2-5,9,11,13-14,21,24H,1,6-8,10,12,15-18H2,(H,27,30)/t21-,24+/m0/s1. The second-order valence-electron chi connectivity index (χ2n) is 9.05. The Bertz CT molecular complexity index is 986. The van der Waals surface area contributed by atoms with E-state index >= 15 is 0 Å². The van der Waals surface area contributed by atoms with Crippen LogP contribution in [0.5, 0.6) is 5.75 Å². The zero-order chi connectivity index (χ0) is 21.9. The van der Waals surface area contributed by atoms with Crippen molar-refractivity contribution in [2.75, 3.05) is 31.1 Å². The Balaban J connectivity index is 1.30. The van der Waals surface area contributed by atoms with E-state index in [2.05, 4.69) is 23.5 Å². The molecule has 3 aliphatic rings. The summed E-state index contributed by atoms with van der Waals surface area (Å²) in [6.07, 6.45) is 5.79. The monoisotopic (exact) mass is 433 g/mol. The number of anilines is 1. The van der Waals surface area contributed by atoms with E-state index in [0.29, 0.717) is 12.3 Å². The molecule has 2 amide bonds. The zero-order valence-corrected chi connectivity index (χ0v) is 18.5. The number of nitrogens with one attached hydrogen (secondary N) is 1. The first-order valence-electron chi connectivity index (χ1n) is 11.9. The predicted octanol–water partition coefficient (Wildman–Crippen LogP) is 3.46. The van der Waals surface area contributed by atoms with Crippen LogP contribution < -0.4 is 15.0 Å². The van der Waals surface area contributed by atoms with E-state index in [1.54, 1.807) is 0 Å². The molecule has 2 heterocycles. The molecule has 0 bridgehead atoms. The van der Waals surface area contributed by atoms with Crippen LogP contribution in [0.3, 0.4) is 0 Å². The normalized spacial score (nSPS) is 22.4. The summed E-state index contributed by atoms with van der Waals surface area (Å²) >= 11 is 0. The number of carbonyl (C=O) groups excluding carboxylic acids is 2. The van der Waals surface area contributed by atoms with E-state index in [9.17, 15) is 9.59 Å². The Labute approximate surface area is 189 Å². The van der Waals surface area contributed by atoms with E-state index in [1.807, 2.05) is 40.1 Å². The summed E-state index contributed by atoms with van der Waals surface area (Å²) < 4.78 is 6.09. The lowest BCUT2D eigenvalue weighted by atomic mass is 9.88. The van der Waals surface area contributed by atoms with Gasteiger partial charge in [-0.15, -0.1) is 0 Å². The number of para-hydroxylation sites is 2. The fourth-order valence-corrected chi connectivity index (χ4v) is 5.22. The summed E-state index contributed by atoms with van der Waals surface area (Å²) in [5.74, 6) is 0.684. The molecule has 168 valence electrons. The lowest BCUT2D eigenvalue weighted by Crippen LogP contribution is -2.53. The molecule has 2 aromatic rings. The molecule has 2 aromatic carbocycles. The van der Waals surface area contributed by atoms with E-state index in [4.69, 9.17) is 4.74 Å². The fraction of sp³-hybridized carbons (Fsp3) is 0.462. The zero-order valence-electron chi connectivity index (χ0n) is 18.5. The smallest absolute Gasteiger partial charge is 0.265 e. The lowest BCUT2D eigenvalue weighted by Gasteiger charge is -2.38. The molecular weight excluding hydrogens is 402 g/mol. The first kappa shape index (κ1) is 20.9. The van der Waals surface area contributed by atoms with Crippen LogP contribution in [0.25, 0.3) is 0 Å². The van der Waals surface area contributed by atoms with Crippen molar-refractivity contribution in [1.29, 1.82) is 0 Å². The number of amides is 2. The van der Waals surface area contributed by atoms with Gasteiger partial charge in [-0.3, -0.25) is 9.59 Å². The van der Waals surface area contributed by atoms with Gasteiger partial charge in [0.15, 0.2) is 6.10 Å². The molecule has 1 saturated heterocycles. The Morgan fingerprint density at radius 1 is 0.969 bits per heavy atom.